The lowest BCUT2D eigenvalue weighted by Crippen LogP contribution is -2.25. The van der Waals surface area contributed by atoms with Crippen LogP contribution in [-0.2, 0) is 9.53 Å². The lowest BCUT2D eigenvalue weighted by Gasteiger charge is -2.27. The maximum absolute atomic E-state index is 13.1. The maximum atomic E-state index is 13.1. The molecule has 0 saturated carbocycles. The number of ether oxygens (including phenoxy) is 2. The summed E-state index contributed by atoms with van der Waals surface area (Å²) in [5.41, 5.74) is 2.03. The van der Waals surface area contributed by atoms with Crippen LogP contribution in [0, 0.1) is 0 Å². The van der Waals surface area contributed by atoms with E-state index in [1.165, 1.54) is 18.4 Å². The van der Waals surface area contributed by atoms with Crippen LogP contribution < -0.4 is 10.1 Å². The van der Waals surface area contributed by atoms with Crippen LogP contribution in [0.2, 0.25) is 0 Å². The molecule has 2 heterocycles. The quantitative estimate of drug-likeness (QED) is 0.698. The predicted molar refractivity (Wildman–Crippen MR) is 99.1 cm³/mol. The summed E-state index contributed by atoms with van der Waals surface area (Å²) >= 11 is 1.23. The molecule has 0 bridgehead atoms. The van der Waals surface area contributed by atoms with E-state index in [-0.39, 0.29) is 5.91 Å². The number of esters is 1. The lowest BCUT2D eigenvalue weighted by atomic mass is 9.87. The predicted octanol–water partition coefficient (Wildman–Crippen LogP) is 4.41. The van der Waals surface area contributed by atoms with Gasteiger partial charge in [-0.1, -0.05) is 36.4 Å². The molecule has 1 aromatic heterocycles. The monoisotopic (exact) mass is 365 g/mol. The highest BCUT2D eigenvalue weighted by atomic mass is 32.1. The zero-order valence-corrected chi connectivity index (χ0v) is 14.7. The molecule has 1 aliphatic rings. The Bertz CT molecular complexity index is 949. The summed E-state index contributed by atoms with van der Waals surface area (Å²) in [7, 11) is 1.32. The van der Waals surface area contributed by atoms with Gasteiger partial charge in [0.25, 0.3) is 0 Å². The first kappa shape index (κ1) is 16.4. The molecule has 0 unspecified atom stereocenters. The molecule has 130 valence electrons. The van der Waals surface area contributed by atoms with E-state index in [1.54, 1.807) is 11.4 Å². The number of thiophene rings is 1. The van der Waals surface area contributed by atoms with Crippen LogP contribution in [0.4, 0.5) is 5.69 Å². The Kier molecular flexibility index (Phi) is 4.18. The largest absolute Gasteiger partial charge is 0.465 e. The highest BCUT2D eigenvalue weighted by Crippen LogP contribution is 2.44. The number of methoxy groups -OCH3 is 1. The van der Waals surface area contributed by atoms with Crippen molar-refractivity contribution in [1.29, 1.82) is 0 Å². The van der Waals surface area contributed by atoms with Gasteiger partial charge in [0.05, 0.1) is 18.7 Å². The number of carbonyl (C=O) groups excluding carboxylic acids is 2. The van der Waals surface area contributed by atoms with Crippen molar-refractivity contribution in [1.82, 2.24) is 0 Å². The van der Waals surface area contributed by atoms with Gasteiger partial charge in [0, 0.05) is 11.1 Å². The van der Waals surface area contributed by atoms with Crippen molar-refractivity contribution in [3.05, 3.63) is 76.0 Å². The number of hydrogen-bond acceptors (Lipinski definition) is 5. The number of hydrogen-bond donors (Lipinski definition) is 1. The van der Waals surface area contributed by atoms with E-state index in [1.807, 2.05) is 48.5 Å². The van der Waals surface area contributed by atoms with Gasteiger partial charge in [-0.2, -0.15) is 0 Å². The first-order valence-electron chi connectivity index (χ1n) is 8.01. The summed E-state index contributed by atoms with van der Waals surface area (Å²) in [6.45, 7) is 0. The molecule has 0 atom stereocenters. The van der Waals surface area contributed by atoms with E-state index < -0.39 is 11.9 Å². The van der Waals surface area contributed by atoms with Crippen LogP contribution in [0.5, 0.6) is 11.5 Å². The van der Waals surface area contributed by atoms with Gasteiger partial charge in [0.2, 0.25) is 5.91 Å². The zero-order valence-electron chi connectivity index (χ0n) is 13.9. The summed E-state index contributed by atoms with van der Waals surface area (Å²) in [5, 5.41) is 4.62. The van der Waals surface area contributed by atoms with E-state index in [2.05, 4.69) is 5.32 Å². The van der Waals surface area contributed by atoms with Gasteiger partial charge >= 0.3 is 5.97 Å². The Morgan fingerprint density at radius 3 is 2.23 bits per heavy atom. The molecule has 26 heavy (non-hydrogen) atoms. The van der Waals surface area contributed by atoms with Crippen molar-refractivity contribution in [3.63, 3.8) is 0 Å². The number of benzene rings is 2. The van der Waals surface area contributed by atoms with Crippen molar-refractivity contribution in [2.75, 3.05) is 12.4 Å². The molecule has 0 aliphatic carbocycles. The molecule has 3 aromatic rings. The molecule has 0 spiro atoms. The van der Waals surface area contributed by atoms with Crippen LogP contribution in [0.25, 0.3) is 0 Å². The maximum Gasteiger partial charge on any atom is 0.350 e. The fraction of sp³-hybridized carbons (Fsp3) is 0.100. The van der Waals surface area contributed by atoms with Gasteiger partial charge in [-0.15, -0.1) is 11.3 Å². The minimum Gasteiger partial charge on any atom is -0.465 e. The first-order chi connectivity index (χ1) is 12.7. The third-order valence-electron chi connectivity index (χ3n) is 4.24. The van der Waals surface area contributed by atoms with Gasteiger partial charge in [-0.25, -0.2) is 4.79 Å². The fourth-order valence-electron chi connectivity index (χ4n) is 3.06. The van der Waals surface area contributed by atoms with Gasteiger partial charge in [0.1, 0.15) is 16.4 Å². The number of amides is 1. The Morgan fingerprint density at radius 1 is 1.00 bits per heavy atom. The topological polar surface area (TPSA) is 64.6 Å². The lowest BCUT2D eigenvalue weighted by molar-refractivity contribution is -0.116. The average Bonchev–Trinajstić information content (AvgIpc) is 3.13. The van der Waals surface area contributed by atoms with Crippen molar-refractivity contribution in [3.8, 4) is 11.5 Å². The minimum absolute atomic E-state index is 0.225. The van der Waals surface area contributed by atoms with Gasteiger partial charge < -0.3 is 14.8 Å². The second-order valence-corrected chi connectivity index (χ2v) is 6.67. The second kappa shape index (κ2) is 6.65. The number of anilines is 1. The van der Waals surface area contributed by atoms with Crippen molar-refractivity contribution in [2.24, 2.45) is 0 Å². The summed E-state index contributed by atoms with van der Waals surface area (Å²) in [4.78, 5) is 25.4. The van der Waals surface area contributed by atoms with Gasteiger partial charge in [-0.05, 0) is 23.6 Å². The number of carbonyl (C=O) groups is 2. The Labute approximate surface area is 154 Å². The molecule has 2 aromatic carbocycles. The van der Waals surface area contributed by atoms with Gasteiger partial charge in [-0.3, -0.25) is 4.79 Å². The highest BCUT2D eigenvalue weighted by Gasteiger charge is 2.33. The highest BCUT2D eigenvalue weighted by molar-refractivity contribution is 7.12. The summed E-state index contributed by atoms with van der Waals surface area (Å²) in [5.74, 6) is 0.0936. The molecule has 6 heteroatoms. The normalized spacial score (nSPS) is 12.5. The Hall–Kier alpha value is -3.12. The van der Waals surface area contributed by atoms with Gasteiger partial charge in [0.15, 0.2) is 0 Å². The Balaban J connectivity index is 1.73. The summed E-state index contributed by atoms with van der Waals surface area (Å²) in [6, 6.07) is 16.6. The fourth-order valence-corrected chi connectivity index (χ4v) is 3.82. The first-order valence-corrected chi connectivity index (χ1v) is 8.89. The summed E-state index contributed by atoms with van der Waals surface area (Å²) < 4.78 is 10.7. The van der Waals surface area contributed by atoms with E-state index >= 15 is 0 Å². The standard InChI is InChI=1S/C20H15NO4S/c1-24-20(23)18-14(10-11-26-18)21-19(22)17-12-6-2-4-8-15(12)25-16-9-5-3-7-13(16)17/h2-11,17H,1H3,(H,21,22). The zero-order chi connectivity index (χ0) is 18.1. The van der Waals surface area contributed by atoms with Crippen LogP contribution in [0.3, 0.4) is 0 Å². The summed E-state index contributed by atoms with van der Waals surface area (Å²) in [6.07, 6.45) is 0. The average molecular weight is 365 g/mol. The Morgan fingerprint density at radius 2 is 1.62 bits per heavy atom. The molecule has 0 radical (unpaired) electrons. The third kappa shape index (κ3) is 2.74. The molecule has 4 rings (SSSR count). The number of para-hydroxylation sites is 2. The number of fused-ring (bicyclic) bond motifs is 2. The molecule has 0 saturated heterocycles. The third-order valence-corrected chi connectivity index (χ3v) is 5.13. The van der Waals surface area contributed by atoms with Crippen LogP contribution in [0.15, 0.2) is 60.0 Å². The molecule has 0 fully saturated rings. The van der Waals surface area contributed by atoms with Crippen LogP contribution >= 0.6 is 11.3 Å². The van der Waals surface area contributed by atoms with Crippen molar-refractivity contribution < 1.29 is 19.1 Å². The molecule has 1 aliphatic heterocycles. The minimum atomic E-state index is -0.526. The van der Waals surface area contributed by atoms with Crippen LogP contribution in [-0.4, -0.2) is 19.0 Å². The van der Waals surface area contributed by atoms with E-state index in [9.17, 15) is 9.59 Å². The van der Waals surface area contributed by atoms with E-state index in [0.717, 1.165) is 11.1 Å². The SMILES string of the molecule is COC(=O)c1sccc1NC(=O)C1c2ccccc2Oc2ccccc21. The van der Waals surface area contributed by atoms with Crippen molar-refractivity contribution in [2.45, 2.75) is 5.92 Å². The molecule has 5 nitrogen and oxygen atoms in total. The van der Waals surface area contributed by atoms with E-state index in [0.29, 0.717) is 22.1 Å². The van der Waals surface area contributed by atoms with E-state index in [4.69, 9.17) is 9.47 Å². The second-order valence-electron chi connectivity index (χ2n) is 5.75. The molecular weight excluding hydrogens is 350 g/mol. The number of nitrogens with one attached hydrogen (secondary N) is 1. The molecule has 1 N–H and O–H groups in total. The number of rotatable bonds is 3. The van der Waals surface area contributed by atoms with Crippen LogP contribution in [0.1, 0.15) is 26.7 Å². The smallest absolute Gasteiger partial charge is 0.350 e. The van der Waals surface area contributed by atoms with Crippen molar-refractivity contribution >= 4 is 28.9 Å². The molecular formula is C20H15NO4S. The molecule has 1 amide bonds.